The number of nitrogens with one attached hydrogen (secondary N) is 1. The highest BCUT2D eigenvalue weighted by Gasteiger charge is 2.21. The van der Waals surface area contributed by atoms with Crippen LogP contribution in [-0.4, -0.2) is 23.3 Å². The minimum Gasteiger partial charge on any atom is -0.326 e. The predicted molar refractivity (Wildman–Crippen MR) is 113 cm³/mol. The average Bonchev–Trinajstić information content (AvgIpc) is 3.31. The van der Waals surface area contributed by atoms with Crippen LogP contribution in [0.3, 0.4) is 0 Å². The summed E-state index contributed by atoms with van der Waals surface area (Å²) in [5, 5.41) is 5.65. The van der Waals surface area contributed by atoms with E-state index in [9.17, 15) is 9.59 Å². The summed E-state index contributed by atoms with van der Waals surface area (Å²) in [6, 6.07) is 15.6. The van der Waals surface area contributed by atoms with E-state index in [4.69, 9.17) is 0 Å². The third kappa shape index (κ3) is 4.12. The van der Waals surface area contributed by atoms with Gasteiger partial charge in [-0.1, -0.05) is 24.3 Å². The molecule has 0 saturated carbocycles. The summed E-state index contributed by atoms with van der Waals surface area (Å²) in [6.45, 7) is 2.78. The van der Waals surface area contributed by atoms with Crippen LogP contribution in [0.25, 0.3) is 11.3 Å². The maximum atomic E-state index is 12.3. The summed E-state index contributed by atoms with van der Waals surface area (Å²) in [7, 11) is 0. The first-order valence-electron chi connectivity index (χ1n) is 9.30. The van der Waals surface area contributed by atoms with Crippen molar-refractivity contribution in [3.63, 3.8) is 0 Å². The van der Waals surface area contributed by atoms with Crippen LogP contribution in [0.5, 0.6) is 0 Å². The molecular weight excluding hydrogens is 370 g/mol. The molecule has 4 rings (SSSR count). The number of carbonyl (C=O) groups excluding carboxylic acids is 2. The van der Waals surface area contributed by atoms with Crippen LogP contribution >= 0.6 is 11.3 Å². The maximum Gasteiger partial charge on any atom is 0.231 e. The second kappa shape index (κ2) is 7.94. The molecule has 28 heavy (non-hydrogen) atoms. The molecule has 0 atom stereocenters. The molecule has 1 aromatic heterocycles. The molecule has 6 heteroatoms. The van der Waals surface area contributed by atoms with Gasteiger partial charge in [-0.3, -0.25) is 9.59 Å². The number of hydrogen-bond acceptors (Lipinski definition) is 4. The molecule has 1 aliphatic heterocycles. The Morgan fingerprint density at radius 1 is 1.21 bits per heavy atom. The van der Waals surface area contributed by atoms with E-state index < -0.39 is 0 Å². The Labute approximate surface area is 168 Å². The van der Waals surface area contributed by atoms with Crippen molar-refractivity contribution in [3.05, 3.63) is 64.5 Å². The van der Waals surface area contributed by atoms with Crippen molar-refractivity contribution in [2.75, 3.05) is 16.8 Å². The Morgan fingerprint density at radius 2 is 2.04 bits per heavy atom. The minimum absolute atomic E-state index is 0.0746. The molecule has 1 N–H and O–H groups in total. The van der Waals surface area contributed by atoms with Crippen LogP contribution in [0.4, 0.5) is 11.4 Å². The largest absolute Gasteiger partial charge is 0.326 e. The van der Waals surface area contributed by atoms with E-state index >= 15 is 0 Å². The topological polar surface area (TPSA) is 62.3 Å². The summed E-state index contributed by atoms with van der Waals surface area (Å²) >= 11 is 1.48. The maximum absolute atomic E-state index is 12.3. The predicted octanol–water partition coefficient (Wildman–Crippen LogP) is 4.43. The van der Waals surface area contributed by atoms with Crippen LogP contribution in [0, 0.1) is 6.92 Å². The van der Waals surface area contributed by atoms with Crippen molar-refractivity contribution >= 4 is 34.5 Å². The van der Waals surface area contributed by atoms with Gasteiger partial charge >= 0.3 is 0 Å². The number of aromatic nitrogens is 1. The number of hydrogen-bond donors (Lipinski definition) is 1. The minimum atomic E-state index is -0.0746. The Kier molecular flexibility index (Phi) is 5.21. The number of amides is 2. The number of thiazole rings is 1. The first kappa shape index (κ1) is 18.4. The Hall–Kier alpha value is -2.99. The lowest BCUT2D eigenvalue weighted by atomic mass is 10.1. The van der Waals surface area contributed by atoms with Crippen molar-refractivity contribution < 1.29 is 9.59 Å². The van der Waals surface area contributed by atoms with Gasteiger partial charge in [0.1, 0.15) is 5.01 Å². The average molecular weight is 391 g/mol. The highest BCUT2D eigenvalue weighted by molar-refractivity contribution is 7.10. The van der Waals surface area contributed by atoms with Gasteiger partial charge in [0.05, 0.1) is 12.1 Å². The van der Waals surface area contributed by atoms with E-state index in [1.165, 1.54) is 11.3 Å². The van der Waals surface area contributed by atoms with Gasteiger partial charge in [0, 0.05) is 35.3 Å². The molecule has 1 fully saturated rings. The van der Waals surface area contributed by atoms with E-state index in [1.54, 1.807) is 0 Å². The summed E-state index contributed by atoms with van der Waals surface area (Å²) in [5.74, 6) is 0.109. The first-order valence-corrected chi connectivity index (χ1v) is 10.2. The molecule has 0 radical (unpaired) electrons. The fraction of sp³-hybridized carbons (Fsp3) is 0.227. The molecule has 0 aliphatic carbocycles. The number of benzene rings is 2. The lowest BCUT2D eigenvalue weighted by Crippen LogP contribution is -2.23. The van der Waals surface area contributed by atoms with Gasteiger partial charge in [0.15, 0.2) is 0 Å². The van der Waals surface area contributed by atoms with Crippen LogP contribution in [-0.2, 0) is 16.0 Å². The second-order valence-corrected chi connectivity index (χ2v) is 7.86. The van der Waals surface area contributed by atoms with Gasteiger partial charge in [-0.05, 0) is 43.2 Å². The van der Waals surface area contributed by atoms with Gasteiger partial charge in [-0.2, -0.15) is 0 Å². The molecule has 142 valence electrons. The highest BCUT2D eigenvalue weighted by Crippen LogP contribution is 2.27. The van der Waals surface area contributed by atoms with Crippen molar-refractivity contribution in [1.82, 2.24) is 4.98 Å². The molecule has 0 spiro atoms. The summed E-state index contributed by atoms with van der Waals surface area (Å²) in [4.78, 5) is 30.6. The van der Waals surface area contributed by atoms with Gasteiger partial charge < -0.3 is 10.2 Å². The van der Waals surface area contributed by atoms with Crippen LogP contribution < -0.4 is 10.2 Å². The summed E-state index contributed by atoms with van der Waals surface area (Å²) in [6.07, 6.45) is 1.79. The van der Waals surface area contributed by atoms with Gasteiger partial charge in [-0.25, -0.2) is 4.98 Å². The molecule has 1 saturated heterocycles. The standard InChI is InChI=1S/C22H21N3O2S/c1-15-4-2-5-17(12-15)23-20(26)13-21-24-19(14-28-21)16-7-9-18(10-8-16)25-11-3-6-22(25)27/h2,4-5,7-10,12,14H,3,6,11,13H2,1H3,(H,23,26). The van der Waals surface area contributed by atoms with Crippen molar-refractivity contribution in [2.24, 2.45) is 0 Å². The van der Waals surface area contributed by atoms with Crippen molar-refractivity contribution in [2.45, 2.75) is 26.2 Å². The van der Waals surface area contributed by atoms with Gasteiger partial charge in [0.2, 0.25) is 11.8 Å². The number of carbonyl (C=O) groups is 2. The first-order chi connectivity index (χ1) is 13.6. The lowest BCUT2D eigenvalue weighted by molar-refractivity contribution is -0.117. The van der Waals surface area contributed by atoms with Crippen molar-refractivity contribution in [1.29, 1.82) is 0 Å². The lowest BCUT2D eigenvalue weighted by Gasteiger charge is -2.15. The fourth-order valence-corrected chi connectivity index (χ4v) is 4.13. The zero-order valence-corrected chi connectivity index (χ0v) is 16.5. The molecular formula is C22H21N3O2S. The van der Waals surface area contributed by atoms with Crippen LogP contribution in [0.1, 0.15) is 23.4 Å². The molecule has 2 aromatic carbocycles. The van der Waals surface area contributed by atoms with E-state index in [0.29, 0.717) is 6.42 Å². The van der Waals surface area contributed by atoms with Crippen molar-refractivity contribution in [3.8, 4) is 11.3 Å². The van der Waals surface area contributed by atoms with Gasteiger partial charge in [0.25, 0.3) is 0 Å². The summed E-state index contributed by atoms with van der Waals surface area (Å²) in [5.41, 5.74) is 4.67. The molecule has 0 unspecified atom stereocenters. The molecule has 0 bridgehead atoms. The molecule has 2 heterocycles. The normalized spacial score (nSPS) is 13.8. The molecule has 2 amide bonds. The van der Waals surface area contributed by atoms with Crippen LogP contribution in [0.2, 0.25) is 0 Å². The van der Waals surface area contributed by atoms with E-state index in [-0.39, 0.29) is 18.2 Å². The summed E-state index contributed by atoms with van der Waals surface area (Å²) < 4.78 is 0. The molecule has 5 nitrogen and oxygen atoms in total. The van der Waals surface area contributed by atoms with E-state index in [2.05, 4.69) is 10.3 Å². The molecule has 1 aliphatic rings. The number of aryl methyl sites for hydroxylation is 1. The molecule has 3 aromatic rings. The van der Waals surface area contributed by atoms with Crippen LogP contribution in [0.15, 0.2) is 53.9 Å². The zero-order chi connectivity index (χ0) is 19.5. The Morgan fingerprint density at radius 3 is 2.75 bits per heavy atom. The monoisotopic (exact) mass is 391 g/mol. The second-order valence-electron chi connectivity index (χ2n) is 6.92. The number of rotatable bonds is 5. The highest BCUT2D eigenvalue weighted by atomic mass is 32.1. The Balaban J connectivity index is 1.41. The SMILES string of the molecule is Cc1cccc(NC(=O)Cc2nc(-c3ccc(N4CCCC4=O)cc3)cs2)c1. The quantitative estimate of drug-likeness (QED) is 0.700. The fourth-order valence-electron chi connectivity index (χ4n) is 3.32. The third-order valence-electron chi connectivity index (χ3n) is 4.71. The Bertz CT molecular complexity index is 1010. The van der Waals surface area contributed by atoms with Gasteiger partial charge in [-0.15, -0.1) is 11.3 Å². The smallest absolute Gasteiger partial charge is 0.231 e. The number of nitrogens with zero attached hydrogens (tertiary/aromatic N) is 2. The third-order valence-corrected chi connectivity index (χ3v) is 5.56. The number of anilines is 2. The zero-order valence-electron chi connectivity index (χ0n) is 15.6. The van der Waals surface area contributed by atoms with E-state index in [0.717, 1.165) is 46.2 Å². The van der Waals surface area contributed by atoms with E-state index in [1.807, 2.05) is 65.7 Å².